The Morgan fingerprint density at radius 3 is 2.79 bits per heavy atom. The molecule has 0 saturated carbocycles. The minimum atomic E-state index is -3.21. The molecule has 0 atom stereocenters. The van der Waals surface area contributed by atoms with Crippen LogP contribution in [-0.4, -0.2) is 19.7 Å². The standard InChI is InChI=1S/C9H10N2O2S/c1-14(12,13)11-9-4-2-3-8-7(9)5-6-10-8/h2-6,10-11H,1H3. The van der Waals surface area contributed by atoms with Gasteiger partial charge in [0.2, 0.25) is 10.0 Å². The van der Waals surface area contributed by atoms with Crippen molar-refractivity contribution < 1.29 is 8.42 Å². The minimum Gasteiger partial charge on any atom is -0.361 e. The highest BCUT2D eigenvalue weighted by molar-refractivity contribution is 7.92. The second kappa shape index (κ2) is 3.02. The number of hydrogen-bond donors (Lipinski definition) is 2. The molecule has 5 heteroatoms. The second-order valence-corrected chi connectivity index (χ2v) is 4.87. The molecule has 14 heavy (non-hydrogen) atoms. The number of benzene rings is 1. The van der Waals surface area contributed by atoms with Crippen LogP contribution >= 0.6 is 0 Å². The molecule has 2 rings (SSSR count). The van der Waals surface area contributed by atoms with E-state index in [9.17, 15) is 8.42 Å². The van der Waals surface area contributed by atoms with E-state index >= 15 is 0 Å². The fraction of sp³-hybridized carbons (Fsp3) is 0.111. The maximum absolute atomic E-state index is 11.0. The normalized spacial score (nSPS) is 11.8. The lowest BCUT2D eigenvalue weighted by atomic mass is 10.2. The lowest BCUT2D eigenvalue weighted by Gasteiger charge is -2.04. The van der Waals surface area contributed by atoms with Crippen LogP contribution in [0.5, 0.6) is 0 Å². The number of aromatic amines is 1. The van der Waals surface area contributed by atoms with Gasteiger partial charge >= 0.3 is 0 Å². The maximum atomic E-state index is 11.0. The van der Waals surface area contributed by atoms with E-state index in [4.69, 9.17) is 0 Å². The summed E-state index contributed by atoms with van der Waals surface area (Å²) in [4.78, 5) is 3.01. The van der Waals surface area contributed by atoms with Crippen molar-refractivity contribution in [3.63, 3.8) is 0 Å². The topological polar surface area (TPSA) is 62.0 Å². The molecule has 74 valence electrons. The third kappa shape index (κ3) is 1.72. The molecule has 0 unspecified atom stereocenters. The Hall–Kier alpha value is -1.49. The molecule has 0 bridgehead atoms. The Morgan fingerprint density at radius 1 is 1.29 bits per heavy atom. The van der Waals surface area contributed by atoms with Crippen LogP contribution in [0, 0.1) is 0 Å². The van der Waals surface area contributed by atoms with E-state index in [0.717, 1.165) is 17.2 Å². The highest BCUT2D eigenvalue weighted by atomic mass is 32.2. The quantitative estimate of drug-likeness (QED) is 0.789. The van der Waals surface area contributed by atoms with Gasteiger partial charge in [0.1, 0.15) is 0 Å². The fourth-order valence-corrected chi connectivity index (χ4v) is 1.95. The van der Waals surface area contributed by atoms with Crippen LogP contribution in [0.4, 0.5) is 5.69 Å². The highest BCUT2D eigenvalue weighted by Gasteiger charge is 2.05. The smallest absolute Gasteiger partial charge is 0.229 e. The summed E-state index contributed by atoms with van der Waals surface area (Å²) in [6, 6.07) is 7.26. The van der Waals surface area contributed by atoms with Gasteiger partial charge in [-0.2, -0.15) is 0 Å². The molecule has 0 aliphatic heterocycles. The van der Waals surface area contributed by atoms with Gasteiger partial charge in [0.15, 0.2) is 0 Å². The summed E-state index contributed by atoms with van der Waals surface area (Å²) in [5, 5.41) is 0.873. The SMILES string of the molecule is CS(=O)(=O)Nc1cccc2[nH]ccc12. The predicted octanol–water partition coefficient (Wildman–Crippen LogP) is 1.54. The molecule has 2 N–H and O–H groups in total. The largest absolute Gasteiger partial charge is 0.361 e. The Bertz CT molecular complexity index is 557. The fourth-order valence-electron chi connectivity index (χ4n) is 1.37. The molecule has 0 radical (unpaired) electrons. The lowest BCUT2D eigenvalue weighted by Crippen LogP contribution is -2.09. The minimum absolute atomic E-state index is 0.603. The zero-order valence-electron chi connectivity index (χ0n) is 7.61. The van der Waals surface area contributed by atoms with Crippen LogP contribution < -0.4 is 4.72 Å². The first-order valence-electron chi connectivity index (χ1n) is 4.10. The average Bonchev–Trinajstić information content (AvgIpc) is 2.49. The van der Waals surface area contributed by atoms with Gasteiger partial charge in [-0.15, -0.1) is 0 Å². The highest BCUT2D eigenvalue weighted by Crippen LogP contribution is 2.22. The third-order valence-corrected chi connectivity index (χ3v) is 2.48. The van der Waals surface area contributed by atoms with Crippen LogP contribution in [0.15, 0.2) is 30.5 Å². The van der Waals surface area contributed by atoms with E-state index in [-0.39, 0.29) is 0 Å². The van der Waals surface area contributed by atoms with Crippen molar-refractivity contribution in [2.45, 2.75) is 0 Å². The molecule has 0 saturated heterocycles. The van der Waals surface area contributed by atoms with E-state index < -0.39 is 10.0 Å². The van der Waals surface area contributed by atoms with Crippen molar-refractivity contribution in [3.8, 4) is 0 Å². The van der Waals surface area contributed by atoms with E-state index in [1.165, 1.54) is 0 Å². The number of anilines is 1. The van der Waals surface area contributed by atoms with Crippen molar-refractivity contribution in [1.82, 2.24) is 4.98 Å². The molecule has 1 aromatic heterocycles. The van der Waals surface area contributed by atoms with E-state index in [1.54, 1.807) is 18.3 Å². The van der Waals surface area contributed by atoms with Crippen LogP contribution in [0.25, 0.3) is 10.9 Å². The van der Waals surface area contributed by atoms with Crippen molar-refractivity contribution in [2.24, 2.45) is 0 Å². The summed E-state index contributed by atoms with van der Waals surface area (Å²) < 4.78 is 24.6. The number of nitrogens with one attached hydrogen (secondary N) is 2. The Balaban J connectivity index is 2.57. The molecule has 0 aliphatic carbocycles. The molecular weight excluding hydrogens is 200 g/mol. The summed E-state index contributed by atoms with van der Waals surface area (Å²) in [5.41, 5.74) is 1.52. The molecule has 2 aromatic rings. The van der Waals surface area contributed by atoms with E-state index in [1.807, 2.05) is 12.1 Å². The number of rotatable bonds is 2. The monoisotopic (exact) mass is 210 g/mol. The Morgan fingerprint density at radius 2 is 2.07 bits per heavy atom. The van der Waals surface area contributed by atoms with Crippen molar-refractivity contribution in [3.05, 3.63) is 30.5 Å². The number of hydrogen-bond acceptors (Lipinski definition) is 2. The van der Waals surface area contributed by atoms with Crippen LogP contribution in [0.3, 0.4) is 0 Å². The Kier molecular flexibility index (Phi) is 1.96. The van der Waals surface area contributed by atoms with Crippen molar-refractivity contribution in [1.29, 1.82) is 0 Å². The molecule has 4 nitrogen and oxygen atoms in total. The van der Waals surface area contributed by atoms with Gasteiger partial charge in [0.25, 0.3) is 0 Å². The van der Waals surface area contributed by atoms with Gasteiger partial charge < -0.3 is 4.98 Å². The van der Waals surface area contributed by atoms with Crippen molar-refractivity contribution >= 4 is 26.6 Å². The maximum Gasteiger partial charge on any atom is 0.229 e. The zero-order valence-corrected chi connectivity index (χ0v) is 8.43. The molecule has 0 aliphatic rings. The number of aromatic nitrogens is 1. The number of fused-ring (bicyclic) bond motifs is 1. The van der Waals surface area contributed by atoms with Crippen LogP contribution in [0.1, 0.15) is 0 Å². The molecule has 1 heterocycles. The number of H-pyrrole nitrogens is 1. The first kappa shape index (κ1) is 9.08. The molecule has 1 aromatic carbocycles. The van der Waals surface area contributed by atoms with Crippen LogP contribution in [0.2, 0.25) is 0 Å². The summed E-state index contributed by atoms with van der Waals surface area (Å²) in [6.07, 6.45) is 2.91. The molecule has 0 fully saturated rings. The summed E-state index contributed by atoms with van der Waals surface area (Å²) in [7, 11) is -3.21. The summed E-state index contributed by atoms with van der Waals surface area (Å²) in [6.45, 7) is 0. The molecular formula is C9H10N2O2S. The first-order chi connectivity index (χ1) is 6.56. The summed E-state index contributed by atoms with van der Waals surface area (Å²) in [5.74, 6) is 0. The Labute approximate surface area is 82.0 Å². The van der Waals surface area contributed by atoms with Gasteiger partial charge in [-0.3, -0.25) is 4.72 Å². The van der Waals surface area contributed by atoms with E-state index in [2.05, 4.69) is 9.71 Å². The van der Waals surface area contributed by atoms with Gasteiger partial charge in [-0.05, 0) is 18.2 Å². The molecule has 0 amide bonds. The molecule has 0 spiro atoms. The first-order valence-corrected chi connectivity index (χ1v) is 5.99. The second-order valence-electron chi connectivity index (χ2n) is 3.12. The van der Waals surface area contributed by atoms with E-state index in [0.29, 0.717) is 5.69 Å². The zero-order chi connectivity index (χ0) is 10.2. The number of sulfonamides is 1. The van der Waals surface area contributed by atoms with Gasteiger partial charge in [-0.1, -0.05) is 6.07 Å². The third-order valence-electron chi connectivity index (χ3n) is 1.89. The van der Waals surface area contributed by atoms with Gasteiger partial charge in [0.05, 0.1) is 11.9 Å². The van der Waals surface area contributed by atoms with Crippen molar-refractivity contribution in [2.75, 3.05) is 11.0 Å². The van der Waals surface area contributed by atoms with Crippen LogP contribution in [-0.2, 0) is 10.0 Å². The average molecular weight is 210 g/mol. The van der Waals surface area contributed by atoms with Gasteiger partial charge in [-0.25, -0.2) is 8.42 Å². The summed E-state index contributed by atoms with van der Waals surface area (Å²) >= 11 is 0. The van der Waals surface area contributed by atoms with Gasteiger partial charge in [0, 0.05) is 17.1 Å². The predicted molar refractivity (Wildman–Crippen MR) is 56.8 cm³/mol. The lowest BCUT2D eigenvalue weighted by molar-refractivity contribution is 0.607.